The fraction of sp³-hybridized carbons (Fsp3) is 0.625. The summed E-state index contributed by atoms with van der Waals surface area (Å²) in [6.45, 7) is 5.69. The van der Waals surface area contributed by atoms with Crippen molar-refractivity contribution in [3.05, 3.63) is 29.8 Å². The number of unbranched alkanes of at least 4 members (excludes halogenated alkanes) is 1. The van der Waals surface area contributed by atoms with Crippen molar-refractivity contribution in [1.82, 2.24) is 0 Å². The van der Waals surface area contributed by atoms with Crippen LogP contribution in [0.4, 0.5) is 0 Å². The van der Waals surface area contributed by atoms with Gasteiger partial charge >= 0.3 is 29.6 Å². The van der Waals surface area contributed by atoms with Gasteiger partial charge in [0.1, 0.15) is 12.4 Å². The van der Waals surface area contributed by atoms with Crippen LogP contribution < -0.4 is 34.3 Å². The summed E-state index contributed by atoms with van der Waals surface area (Å²) in [6, 6.07) is 8.07. The minimum Gasteiger partial charge on any atom is -0.748 e. The van der Waals surface area contributed by atoms with Gasteiger partial charge in [-0.15, -0.1) is 0 Å². The molecule has 0 heterocycles. The molecule has 7 heteroatoms. The van der Waals surface area contributed by atoms with Gasteiger partial charge in [0.2, 0.25) is 0 Å². The van der Waals surface area contributed by atoms with Gasteiger partial charge in [-0.05, 0) is 42.9 Å². The molecule has 0 aliphatic heterocycles. The van der Waals surface area contributed by atoms with Crippen LogP contribution in [0.25, 0.3) is 0 Å². The first kappa shape index (κ1) is 22.9. The Kier molecular flexibility index (Phi) is 12.2. The van der Waals surface area contributed by atoms with Crippen LogP contribution in [0.2, 0.25) is 0 Å². The minimum absolute atomic E-state index is 0. The van der Waals surface area contributed by atoms with Crippen LogP contribution in [0.15, 0.2) is 24.3 Å². The molecule has 1 rings (SSSR count). The Morgan fingerprint density at radius 3 is 2.30 bits per heavy atom. The van der Waals surface area contributed by atoms with Crippen LogP contribution in [-0.2, 0) is 14.9 Å². The molecule has 0 radical (unpaired) electrons. The molecule has 5 nitrogen and oxygen atoms in total. The smallest absolute Gasteiger partial charge is 0.748 e. The Balaban J connectivity index is 0.00000484. The Morgan fingerprint density at radius 1 is 1.09 bits per heavy atom. The van der Waals surface area contributed by atoms with Crippen molar-refractivity contribution in [2.24, 2.45) is 0 Å². The molecule has 0 fully saturated rings. The third kappa shape index (κ3) is 11.1. The van der Waals surface area contributed by atoms with Crippen LogP contribution in [0.1, 0.15) is 44.6 Å². The topological polar surface area (TPSA) is 75.7 Å². The maximum absolute atomic E-state index is 10.4. The quantitative estimate of drug-likeness (QED) is 0.316. The molecule has 1 aromatic rings. The van der Waals surface area contributed by atoms with Crippen molar-refractivity contribution in [3.63, 3.8) is 0 Å². The van der Waals surface area contributed by atoms with E-state index >= 15 is 0 Å². The van der Waals surface area contributed by atoms with E-state index in [4.69, 9.17) is 9.47 Å². The first-order chi connectivity index (χ1) is 10.4. The van der Waals surface area contributed by atoms with Gasteiger partial charge in [0, 0.05) is 12.4 Å². The molecule has 0 saturated carbocycles. The van der Waals surface area contributed by atoms with E-state index < -0.39 is 10.1 Å². The zero-order valence-electron chi connectivity index (χ0n) is 14.3. The average molecular weight is 352 g/mol. The van der Waals surface area contributed by atoms with E-state index in [0.717, 1.165) is 12.2 Å². The molecule has 0 saturated heterocycles. The van der Waals surface area contributed by atoms with Crippen molar-refractivity contribution in [1.29, 1.82) is 0 Å². The molecule has 0 N–H and O–H groups in total. The standard InChI is InChI=1S/C16H26O5S.Na/c1-3-14(2)15-6-8-16(9-7-15)21-12-11-20-10-4-5-13-22(17,18)19;/h6-9,14H,3-5,10-13H2,1-2H3,(H,17,18,19);/q;+1/p-1. The zero-order valence-corrected chi connectivity index (χ0v) is 17.1. The second-order valence-corrected chi connectivity index (χ2v) is 6.83. The Morgan fingerprint density at radius 2 is 1.74 bits per heavy atom. The molecule has 23 heavy (non-hydrogen) atoms. The van der Waals surface area contributed by atoms with Crippen LogP contribution in [-0.4, -0.2) is 38.5 Å². The van der Waals surface area contributed by atoms with Gasteiger partial charge in [0.15, 0.2) is 0 Å². The van der Waals surface area contributed by atoms with Gasteiger partial charge in [0.05, 0.1) is 16.7 Å². The third-order valence-electron chi connectivity index (χ3n) is 3.49. The average Bonchev–Trinajstić information content (AvgIpc) is 2.48. The van der Waals surface area contributed by atoms with E-state index in [0.29, 0.717) is 38.6 Å². The maximum atomic E-state index is 10.4. The number of rotatable bonds is 11. The van der Waals surface area contributed by atoms with Crippen LogP contribution in [0.5, 0.6) is 5.75 Å². The van der Waals surface area contributed by atoms with E-state index in [9.17, 15) is 13.0 Å². The monoisotopic (exact) mass is 352 g/mol. The summed E-state index contributed by atoms with van der Waals surface area (Å²) < 4.78 is 42.1. The van der Waals surface area contributed by atoms with Crippen molar-refractivity contribution in [2.45, 2.75) is 39.0 Å². The van der Waals surface area contributed by atoms with Crippen molar-refractivity contribution in [2.75, 3.05) is 25.6 Å². The Labute approximate surface area is 161 Å². The maximum Gasteiger partial charge on any atom is 1.00 e. The normalized spacial score (nSPS) is 12.5. The molecule has 126 valence electrons. The third-order valence-corrected chi connectivity index (χ3v) is 4.28. The Bertz CT molecular complexity index is 516. The summed E-state index contributed by atoms with van der Waals surface area (Å²) in [4.78, 5) is 0. The summed E-state index contributed by atoms with van der Waals surface area (Å²) in [5, 5.41) is 0. The Hall–Kier alpha value is -0.110. The molecule has 0 amide bonds. The van der Waals surface area contributed by atoms with E-state index in [2.05, 4.69) is 26.0 Å². The SMILES string of the molecule is CCC(C)c1ccc(OCCOCCCCS(=O)(=O)[O-])cc1.[Na+]. The number of hydrogen-bond donors (Lipinski definition) is 0. The molecule has 0 aliphatic carbocycles. The van der Waals surface area contributed by atoms with Gasteiger partial charge < -0.3 is 14.0 Å². The first-order valence-corrected chi connectivity index (χ1v) is 9.24. The van der Waals surface area contributed by atoms with E-state index in [1.165, 1.54) is 5.56 Å². The largest absolute Gasteiger partial charge is 1.00 e. The second-order valence-electron chi connectivity index (χ2n) is 5.31. The van der Waals surface area contributed by atoms with Crippen molar-refractivity contribution >= 4 is 10.1 Å². The molecule has 0 bridgehead atoms. The van der Waals surface area contributed by atoms with Crippen LogP contribution >= 0.6 is 0 Å². The first-order valence-electron chi connectivity index (χ1n) is 7.66. The summed E-state index contributed by atoms with van der Waals surface area (Å²) in [5.41, 5.74) is 1.31. The van der Waals surface area contributed by atoms with E-state index in [-0.39, 0.29) is 35.3 Å². The molecule has 1 unspecified atom stereocenters. The van der Waals surface area contributed by atoms with Gasteiger partial charge in [-0.25, -0.2) is 8.42 Å². The summed E-state index contributed by atoms with van der Waals surface area (Å²) in [5.74, 6) is 1.04. The molecule has 0 aromatic heterocycles. The minimum atomic E-state index is -4.10. The second kappa shape index (κ2) is 12.3. The van der Waals surface area contributed by atoms with E-state index in [1.807, 2.05) is 12.1 Å². The molecule has 0 aliphatic rings. The summed E-state index contributed by atoms with van der Waals surface area (Å²) >= 11 is 0. The van der Waals surface area contributed by atoms with Gasteiger partial charge in [-0.3, -0.25) is 0 Å². The molecule has 1 atom stereocenters. The number of hydrogen-bond acceptors (Lipinski definition) is 5. The van der Waals surface area contributed by atoms with Crippen LogP contribution in [0.3, 0.4) is 0 Å². The summed E-state index contributed by atoms with van der Waals surface area (Å²) in [6.07, 6.45) is 2.01. The predicted molar refractivity (Wildman–Crippen MR) is 85.3 cm³/mol. The van der Waals surface area contributed by atoms with Crippen molar-refractivity contribution < 1.29 is 52.0 Å². The summed E-state index contributed by atoms with van der Waals surface area (Å²) in [7, 11) is -4.10. The van der Waals surface area contributed by atoms with E-state index in [1.54, 1.807) is 0 Å². The molecular weight excluding hydrogens is 327 g/mol. The zero-order chi connectivity index (χ0) is 16.4. The number of ether oxygens (including phenoxy) is 2. The van der Waals surface area contributed by atoms with Gasteiger partial charge in [0.25, 0.3) is 0 Å². The predicted octanol–water partition coefficient (Wildman–Crippen LogP) is -0.0751. The number of benzene rings is 1. The molecule has 1 aromatic carbocycles. The molecule has 0 spiro atoms. The fourth-order valence-corrected chi connectivity index (χ4v) is 2.49. The van der Waals surface area contributed by atoms with Gasteiger partial charge in [-0.1, -0.05) is 26.0 Å². The molecular formula is C16H25NaO5S. The van der Waals surface area contributed by atoms with Gasteiger partial charge in [-0.2, -0.15) is 0 Å². The van der Waals surface area contributed by atoms with Crippen molar-refractivity contribution in [3.8, 4) is 5.75 Å². The van der Waals surface area contributed by atoms with Crippen LogP contribution in [0, 0.1) is 0 Å². The fourth-order valence-electron chi connectivity index (χ4n) is 1.93.